The van der Waals surface area contributed by atoms with Crippen LogP contribution >= 0.6 is 0 Å². The maximum absolute atomic E-state index is 10.8. The van der Waals surface area contributed by atoms with E-state index < -0.39 is 11.3 Å². The summed E-state index contributed by atoms with van der Waals surface area (Å²) in [5, 5.41) is 0. The fraction of sp³-hybridized carbons (Fsp3) is 0.0526. The van der Waals surface area contributed by atoms with Crippen LogP contribution in [-0.2, 0) is 17.8 Å². The molecule has 1 atom stereocenters. The number of nitrogens with one attached hydrogen (secondary N) is 1. The van der Waals surface area contributed by atoms with Gasteiger partial charge in [0.25, 0.3) is 0 Å². The van der Waals surface area contributed by atoms with Gasteiger partial charge in [0.1, 0.15) is 5.65 Å². The first kappa shape index (κ1) is 16.6. The Bertz CT molecular complexity index is 1090. The molecule has 0 amide bonds. The van der Waals surface area contributed by atoms with E-state index in [9.17, 15) is 4.21 Å². The number of hydrogen-bond acceptors (Lipinski definition) is 3. The Morgan fingerprint density at radius 3 is 2.85 bits per heavy atom. The van der Waals surface area contributed by atoms with Gasteiger partial charge >= 0.3 is 0 Å². The zero-order valence-corrected chi connectivity index (χ0v) is 14.6. The lowest BCUT2D eigenvalue weighted by atomic mass is 9.99. The highest BCUT2D eigenvalue weighted by Gasteiger charge is 2.10. The van der Waals surface area contributed by atoms with Gasteiger partial charge in [0.2, 0.25) is 11.3 Å². The van der Waals surface area contributed by atoms with E-state index in [1.165, 1.54) is 0 Å². The number of nitrogens with zero attached hydrogens (tertiary/aromatic N) is 3. The molecule has 4 rings (SSSR count). The fourth-order valence-electron chi connectivity index (χ4n) is 2.92. The van der Waals surface area contributed by atoms with E-state index in [2.05, 4.69) is 14.7 Å². The SMILES string of the molecule is O=S(O)NCc1cccc(-c2ncccc2-c2ccc3nccn3c2)c1. The van der Waals surface area contributed by atoms with Crippen molar-refractivity contribution in [1.29, 1.82) is 0 Å². The van der Waals surface area contributed by atoms with Crippen LogP contribution in [0.5, 0.6) is 0 Å². The molecule has 0 saturated carbocycles. The van der Waals surface area contributed by atoms with Gasteiger partial charge in [-0.15, -0.1) is 0 Å². The van der Waals surface area contributed by atoms with Gasteiger partial charge in [-0.25, -0.2) is 13.9 Å². The number of imidazole rings is 1. The van der Waals surface area contributed by atoms with Crippen molar-refractivity contribution in [3.63, 3.8) is 0 Å². The Labute approximate surface area is 153 Å². The molecule has 0 aliphatic rings. The molecule has 0 saturated heterocycles. The van der Waals surface area contributed by atoms with Gasteiger partial charge in [0, 0.05) is 48.0 Å². The smallest absolute Gasteiger partial charge is 0.232 e. The molecule has 3 aromatic heterocycles. The Morgan fingerprint density at radius 2 is 1.96 bits per heavy atom. The first-order valence-corrected chi connectivity index (χ1v) is 9.13. The maximum Gasteiger partial charge on any atom is 0.232 e. The van der Waals surface area contributed by atoms with Crippen molar-refractivity contribution in [2.24, 2.45) is 0 Å². The summed E-state index contributed by atoms with van der Waals surface area (Å²) in [5.41, 5.74) is 5.67. The van der Waals surface area contributed by atoms with E-state index in [0.29, 0.717) is 6.54 Å². The highest BCUT2D eigenvalue weighted by atomic mass is 32.2. The molecule has 0 fully saturated rings. The minimum atomic E-state index is -2.04. The molecule has 7 heteroatoms. The molecule has 4 aromatic rings. The van der Waals surface area contributed by atoms with Crippen molar-refractivity contribution in [2.75, 3.05) is 0 Å². The predicted octanol–water partition coefficient (Wildman–Crippen LogP) is 3.29. The van der Waals surface area contributed by atoms with Crippen LogP contribution in [0.15, 0.2) is 73.3 Å². The Hall–Kier alpha value is -2.87. The minimum absolute atomic E-state index is 0.306. The Balaban J connectivity index is 1.76. The normalized spacial score (nSPS) is 12.3. The first-order chi connectivity index (χ1) is 12.7. The second-order valence-electron chi connectivity index (χ2n) is 5.78. The molecular formula is C19H16N4O2S. The van der Waals surface area contributed by atoms with Crippen LogP contribution in [0.1, 0.15) is 5.56 Å². The zero-order valence-electron chi connectivity index (χ0n) is 13.7. The van der Waals surface area contributed by atoms with Gasteiger partial charge in [-0.05, 0) is 29.8 Å². The van der Waals surface area contributed by atoms with Crippen LogP contribution in [-0.4, -0.2) is 23.1 Å². The lowest BCUT2D eigenvalue weighted by Gasteiger charge is -2.11. The first-order valence-electron chi connectivity index (χ1n) is 8.02. The predicted molar refractivity (Wildman–Crippen MR) is 101 cm³/mol. The number of hydrogen-bond donors (Lipinski definition) is 2. The largest absolute Gasteiger partial charge is 0.306 e. The van der Waals surface area contributed by atoms with Crippen LogP contribution in [0.4, 0.5) is 0 Å². The van der Waals surface area contributed by atoms with Gasteiger partial charge in [-0.1, -0.05) is 24.3 Å². The number of fused-ring (bicyclic) bond motifs is 1. The van der Waals surface area contributed by atoms with Gasteiger partial charge in [0.15, 0.2) is 0 Å². The van der Waals surface area contributed by atoms with Crippen molar-refractivity contribution in [3.8, 4) is 22.4 Å². The van der Waals surface area contributed by atoms with Gasteiger partial charge in [-0.3, -0.25) is 9.54 Å². The van der Waals surface area contributed by atoms with Gasteiger partial charge in [-0.2, -0.15) is 0 Å². The van der Waals surface area contributed by atoms with Crippen molar-refractivity contribution in [1.82, 2.24) is 19.1 Å². The van der Waals surface area contributed by atoms with Crippen LogP contribution in [0.2, 0.25) is 0 Å². The van der Waals surface area contributed by atoms with Crippen LogP contribution < -0.4 is 4.72 Å². The molecule has 2 N–H and O–H groups in total. The molecule has 26 heavy (non-hydrogen) atoms. The third kappa shape index (κ3) is 3.41. The summed E-state index contributed by atoms with van der Waals surface area (Å²) in [4.78, 5) is 8.85. The third-order valence-corrected chi connectivity index (χ3v) is 4.50. The molecule has 0 bridgehead atoms. The van der Waals surface area contributed by atoms with Crippen molar-refractivity contribution in [2.45, 2.75) is 6.54 Å². The maximum atomic E-state index is 10.8. The molecule has 1 aromatic carbocycles. The van der Waals surface area contributed by atoms with Crippen molar-refractivity contribution < 1.29 is 8.76 Å². The molecule has 0 aliphatic heterocycles. The minimum Gasteiger partial charge on any atom is -0.306 e. The molecule has 6 nitrogen and oxygen atoms in total. The van der Waals surface area contributed by atoms with E-state index in [1.807, 2.05) is 65.3 Å². The van der Waals surface area contributed by atoms with E-state index in [0.717, 1.165) is 33.6 Å². The average molecular weight is 364 g/mol. The molecule has 130 valence electrons. The van der Waals surface area contributed by atoms with Crippen LogP contribution in [0, 0.1) is 0 Å². The average Bonchev–Trinajstić information content (AvgIpc) is 3.14. The quantitative estimate of drug-likeness (QED) is 0.533. The number of benzene rings is 1. The Morgan fingerprint density at radius 1 is 1.04 bits per heavy atom. The standard InChI is InChI=1S/C19H16N4O2S/c24-26(25)22-12-14-3-1-4-15(11-14)19-17(5-2-8-21-19)16-6-7-18-20-9-10-23(18)13-16/h1-11,13,22H,12H2,(H,24,25). The topological polar surface area (TPSA) is 79.5 Å². The summed E-state index contributed by atoms with van der Waals surface area (Å²) in [6.45, 7) is 0.306. The molecule has 1 unspecified atom stereocenters. The molecule has 0 spiro atoms. The van der Waals surface area contributed by atoms with E-state index >= 15 is 0 Å². The number of rotatable bonds is 5. The lowest BCUT2D eigenvalue weighted by Crippen LogP contribution is -2.15. The Kier molecular flexibility index (Phi) is 4.57. The van der Waals surface area contributed by atoms with Crippen LogP contribution in [0.3, 0.4) is 0 Å². The van der Waals surface area contributed by atoms with Crippen molar-refractivity contribution >= 4 is 16.9 Å². The summed E-state index contributed by atoms with van der Waals surface area (Å²) >= 11 is -2.04. The van der Waals surface area contributed by atoms with Crippen molar-refractivity contribution in [3.05, 3.63) is 78.9 Å². The molecule has 0 aliphatic carbocycles. The van der Waals surface area contributed by atoms with Gasteiger partial charge < -0.3 is 4.40 Å². The van der Waals surface area contributed by atoms with Crippen LogP contribution in [0.25, 0.3) is 28.0 Å². The summed E-state index contributed by atoms with van der Waals surface area (Å²) < 4.78 is 24.2. The molecular weight excluding hydrogens is 348 g/mol. The monoisotopic (exact) mass is 364 g/mol. The summed E-state index contributed by atoms with van der Waals surface area (Å²) in [5.74, 6) is 0. The highest BCUT2D eigenvalue weighted by molar-refractivity contribution is 7.77. The van der Waals surface area contributed by atoms with E-state index in [4.69, 9.17) is 4.55 Å². The molecule has 0 radical (unpaired) electrons. The number of aromatic nitrogens is 3. The summed E-state index contributed by atoms with van der Waals surface area (Å²) in [6.07, 6.45) is 7.48. The third-order valence-electron chi connectivity index (χ3n) is 4.11. The molecule has 3 heterocycles. The lowest BCUT2D eigenvalue weighted by molar-refractivity contribution is 0.548. The second kappa shape index (κ2) is 7.17. The van der Waals surface area contributed by atoms with Gasteiger partial charge in [0.05, 0.1) is 5.69 Å². The fourth-order valence-corrected chi connectivity index (χ4v) is 3.21. The summed E-state index contributed by atoms with van der Waals surface area (Å²) in [7, 11) is 0. The summed E-state index contributed by atoms with van der Waals surface area (Å²) in [6, 6.07) is 15.7. The van der Waals surface area contributed by atoms with E-state index in [-0.39, 0.29) is 0 Å². The second-order valence-corrected chi connectivity index (χ2v) is 6.57. The zero-order chi connectivity index (χ0) is 17.9. The van der Waals surface area contributed by atoms with E-state index in [1.54, 1.807) is 12.4 Å². The number of pyridine rings is 2. The highest BCUT2D eigenvalue weighted by Crippen LogP contribution is 2.30.